The Bertz CT molecular complexity index is 760. The first-order valence-electron chi connectivity index (χ1n) is 6.79. The number of rotatable bonds is 3. The van der Waals surface area contributed by atoms with Crippen LogP contribution < -0.4 is 5.73 Å². The molecular weight excluding hydrogens is 282 g/mol. The van der Waals surface area contributed by atoms with Crippen molar-refractivity contribution in [1.29, 1.82) is 0 Å². The van der Waals surface area contributed by atoms with Gasteiger partial charge in [0.1, 0.15) is 0 Å². The maximum atomic E-state index is 6.09. The standard InChI is InChI=1S/C17H16ClN3/c1-12-5-7-13(8-6-12)17-10-15(11-19)20-21(17)16-4-2-3-14(18)9-16/h2-10H,11,19H2,1H3. The number of halogens is 1. The number of hydrogen-bond acceptors (Lipinski definition) is 2. The summed E-state index contributed by atoms with van der Waals surface area (Å²) in [5, 5.41) is 5.26. The zero-order chi connectivity index (χ0) is 14.8. The molecule has 0 aliphatic heterocycles. The molecule has 0 unspecified atom stereocenters. The van der Waals surface area contributed by atoms with Crippen LogP contribution in [0.25, 0.3) is 16.9 Å². The molecule has 3 nitrogen and oxygen atoms in total. The van der Waals surface area contributed by atoms with Gasteiger partial charge in [-0.15, -0.1) is 0 Å². The van der Waals surface area contributed by atoms with Crippen LogP contribution in [0, 0.1) is 6.92 Å². The molecule has 0 amide bonds. The molecule has 3 aromatic rings. The topological polar surface area (TPSA) is 43.8 Å². The second kappa shape index (κ2) is 5.72. The van der Waals surface area contributed by atoms with E-state index in [-0.39, 0.29) is 0 Å². The average Bonchev–Trinajstić information content (AvgIpc) is 2.92. The highest BCUT2D eigenvalue weighted by atomic mass is 35.5. The molecule has 0 spiro atoms. The van der Waals surface area contributed by atoms with Crippen LogP contribution in [0.3, 0.4) is 0 Å². The summed E-state index contributed by atoms with van der Waals surface area (Å²) in [5.74, 6) is 0. The van der Waals surface area contributed by atoms with Crippen LogP contribution in [0.5, 0.6) is 0 Å². The van der Waals surface area contributed by atoms with Crippen LogP contribution in [0.1, 0.15) is 11.3 Å². The average molecular weight is 298 g/mol. The number of nitrogens with two attached hydrogens (primary N) is 1. The normalized spacial score (nSPS) is 10.8. The van der Waals surface area contributed by atoms with E-state index in [1.807, 2.05) is 35.0 Å². The third-order valence-corrected chi connectivity index (χ3v) is 3.60. The highest BCUT2D eigenvalue weighted by Crippen LogP contribution is 2.25. The van der Waals surface area contributed by atoms with Gasteiger partial charge in [-0.05, 0) is 31.2 Å². The van der Waals surface area contributed by atoms with Crippen molar-refractivity contribution in [2.24, 2.45) is 5.73 Å². The highest BCUT2D eigenvalue weighted by Gasteiger charge is 2.11. The minimum atomic E-state index is 0.409. The van der Waals surface area contributed by atoms with E-state index in [4.69, 9.17) is 17.3 Å². The second-order valence-electron chi connectivity index (χ2n) is 4.98. The van der Waals surface area contributed by atoms with Crippen molar-refractivity contribution in [2.75, 3.05) is 0 Å². The zero-order valence-corrected chi connectivity index (χ0v) is 12.5. The third kappa shape index (κ3) is 2.84. The molecule has 106 valence electrons. The molecule has 2 aromatic carbocycles. The second-order valence-corrected chi connectivity index (χ2v) is 5.42. The molecule has 2 N–H and O–H groups in total. The Morgan fingerprint density at radius 2 is 1.86 bits per heavy atom. The van der Waals surface area contributed by atoms with Gasteiger partial charge < -0.3 is 5.73 Å². The smallest absolute Gasteiger partial charge is 0.0771 e. The number of nitrogens with zero attached hydrogens (tertiary/aromatic N) is 2. The Morgan fingerprint density at radius 1 is 1.10 bits per heavy atom. The lowest BCUT2D eigenvalue weighted by Gasteiger charge is -2.08. The van der Waals surface area contributed by atoms with Crippen LogP contribution in [-0.4, -0.2) is 9.78 Å². The SMILES string of the molecule is Cc1ccc(-c2cc(CN)nn2-c2cccc(Cl)c2)cc1. The lowest BCUT2D eigenvalue weighted by Crippen LogP contribution is -2.01. The summed E-state index contributed by atoms with van der Waals surface area (Å²) in [6, 6.07) is 18.0. The van der Waals surface area contributed by atoms with Gasteiger partial charge in [0.2, 0.25) is 0 Å². The number of aromatic nitrogens is 2. The highest BCUT2D eigenvalue weighted by molar-refractivity contribution is 6.30. The molecule has 0 bridgehead atoms. The van der Waals surface area contributed by atoms with Crippen molar-refractivity contribution in [2.45, 2.75) is 13.5 Å². The fraction of sp³-hybridized carbons (Fsp3) is 0.118. The van der Waals surface area contributed by atoms with E-state index >= 15 is 0 Å². The first-order chi connectivity index (χ1) is 10.2. The maximum absolute atomic E-state index is 6.09. The molecule has 0 saturated carbocycles. The Kier molecular flexibility index (Phi) is 3.78. The molecule has 0 aliphatic rings. The maximum Gasteiger partial charge on any atom is 0.0771 e. The van der Waals surface area contributed by atoms with Crippen molar-refractivity contribution in [3.8, 4) is 16.9 Å². The van der Waals surface area contributed by atoms with Crippen LogP contribution in [0.2, 0.25) is 5.02 Å². The molecule has 1 heterocycles. The summed E-state index contributed by atoms with van der Waals surface area (Å²) in [5.41, 5.74) is 10.9. The predicted molar refractivity (Wildman–Crippen MR) is 86.6 cm³/mol. The van der Waals surface area contributed by atoms with E-state index in [9.17, 15) is 0 Å². The fourth-order valence-corrected chi connectivity index (χ4v) is 2.45. The molecule has 4 heteroatoms. The zero-order valence-electron chi connectivity index (χ0n) is 11.8. The molecule has 0 saturated heterocycles. The Balaban J connectivity index is 2.16. The largest absolute Gasteiger partial charge is 0.325 e. The molecule has 0 atom stereocenters. The van der Waals surface area contributed by atoms with Gasteiger partial charge in [-0.25, -0.2) is 4.68 Å². The Morgan fingerprint density at radius 3 is 2.52 bits per heavy atom. The van der Waals surface area contributed by atoms with Gasteiger partial charge in [0.25, 0.3) is 0 Å². The van der Waals surface area contributed by atoms with Gasteiger partial charge in [0.05, 0.1) is 17.1 Å². The lowest BCUT2D eigenvalue weighted by molar-refractivity contribution is 0.838. The quantitative estimate of drug-likeness (QED) is 0.795. The minimum Gasteiger partial charge on any atom is -0.325 e. The lowest BCUT2D eigenvalue weighted by atomic mass is 10.1. The minimum absolute atomic E-state index is 0.409. The van der Waals surface area contributed by atoms with E-state index < -0.39 is 0 Å². The molecule has 0 aliphatic carbocycles. The van der Waals surface area contributed by atoms with E-state index in [1.165, 1.54) is 5.56 Å². The number of aryl methyl sites for hydroxylation is 1. The Hall–Kier alpha value is -2.10. The van der Waals surface area contributed by atoms with E-state index in [2.05, 4.69) is 36.3 Å². The molecule has 0 radical (unpaired) electrons. The summed E-state index contributed by atoms with van der Waals surface area (Å²) < 4.78 is 1.89. The summed E-state index contributed by atoms with van der Waals surface area (Å²) in [4.78, 5) is 0. The van der Waals surface area contributed by atoms with Crippen molar-refractivity contribution in [3.05, 3.63) is 70.9 Å². The number of benzene rings is 2. The third-order valence-electron chi connectivity index (χ3n) is 3.37. The van der Waals surface area contributed by atoms with E-state index in [0.29, 0.717) is 11.6 Å². The van der Waals surface area contributed by atoms with E-state index in [0.717, 1.165) is 22.6 Å². The first kappa shape index (κ1) is 13.9. The predicted octanol–water partition coefficient (Wildman–Crippen LogP) is 3.96. The summed E-state index contributed by atoms with van der Waals surface area (Å²) in [6.45, 7) is 2.48. The fourth-order valence-electron chi connectivity index (χ4n) is 2.26. The van der Waals surface area contributed by atoms with Gasteiger partial charge >= 0.3 is 0 Å². The molecule has 3 rings (SSSR count). The van der Waals surface area contributed by atoms with Gasteiger partial charge in [-0.1, -0.05) is 47.5 Å². The Labute approximate surface area is 129 Å². The first-order valence-corrected chi connectivity index (χ1v) is 7.17. The van der Waals surface area contributed by atoms with Gasteiger partial charge in [0, 0.05) is 17.1 Å². The van der Waals surface area contributed by atoms with Crippen LogP contribution in [-0.2, 0) is 6.54 Å². The van der Waals surface area contributed by atoms with Crippen LogP contribution in [0.4, 0.5) is 0 Å². The number of hydrogen-bond donors (Lipinski definition) is 1. The van der Waals surface area contributed by atoms with Gasteiger partial charge in [-0.3, -0.25) is 0 Å². The molecule has 21 heavy (non-hydrogen) atoms. The van der Waals surface area contributed by atoms with Crippen molar-refractivity contribution < 1.29 is 0 Å². The van der Waals surface area contributed by atoms with Crippen molar-refractivity contribution >= 4 is 11.6 Å². The van der Waals surface area contributed by atoms with Gasteiger partial charge in [0.15, 0.2) is 0 Å². The summed E-state index contributed by atoms with van der Waals surface area (Å²) in [6.07, 6.45) is 0. The van der Waals surface area contributed by atoms with E-state index in [1.54, 1.807) is 0 Å². The van der Waals surface area contributed by atoms with Crippen molar-refractivity contribution in [1.82, 2.24) is 9.78 Å². The van der Waals surface area contributed by atoms with Crippen LogP contribution >= 0.6 is 11.6 Å². The molecule has 0 fully saturated rings. The van der Waals surface area contributed by atoms with Crippen molar-refractivity contribution in [3.63, 3.8) is 0 Å². The molecular formula is C17H16ClN3. The monoisotopic (exact) mass is 297 g/mol. The summed E-state index contributed by atoms with van der Waals surface area (Å²) in [7, 11) is 0. The van der Waals surface area contributed by atoms with Crippen LogP contribution in [0.15, 0.2) is 54.6 Å². The summed E-state index contributed by atoms with van der Waals surface area (Å²) >= 11 is 6.09. The molecule has 1 aromatic heterocycles. The van der Waals surface area contributed by atoms with Gasteiger partial charge in [-0.2, -0.15) is 5.10 Å².